The highest BCUT2D eigenvalue weighted by atomic mass is 16.5. The summed E-state index contributed by atoms with van der Waals surface area (Å²) in [6.07, 6.45) is 2.94. The minimum absolute atomic E-state index is 0.0172. The molecule has 0 aliphatic heterocycles. The Morgan fingerprint density at radius 2 is 2.36 bits per heavy atom. The number of nitrogens with zero attached hydrogens (tertiary/aromatic N) is 1. The predicted octanol–water partition coefficient (Wildman–Crippen LogP) is 1.03. The highest BCUT2D eigenvalue weighted by Crippen LogP contribution is 2.11. The number of methoxy groups -OCH3 is 1. The first-order valence-corrected chi connectivity index (χ1v) is 3.45. The van der Waals surface area contributed by atoms with Crippen LogP contribution in [0.4, 0.5) is 0 Å². The molecular formula is C8H11NO2. The van der Waals surface area contributed by atoms with Crippen molar-refractivity contribution in [1.29, 1.82) is 0 Å². The van der Waals surface area contributed by atoms with Gasteiger partial charge in [0, 0.05) is 18.7 Å². The number of rotatable bonds is 2. The standard InChI is InChI=1S/C8H11NO2/c1-7(11-2)8-4-3-5-9(10)6-8/h3-7H,1-2H3. The zero-order valence-corrected chi connectivity index (χ0v) is 6.65. The van der Waals surface area contributed by atoms with Crippen LogP contribution in [0.5, 0.6) is 0 Å². The SMILES string of the molecule is COC(C)c1ccc[n+]([O-])c1. The van der Waals surface area contributed by atoms with Crippen molar-refractivity contribution in [3.63, 3.8) is 0 Å². The Morgan fingerprint density at radius 3 is 2.91 bits per heavy atom. The summed E-state index contributed by atoms with van der Waals surface area (Å²) in [5.74, 6) is 0. The molecule has 1 aromatic heterocycles. The normalized spacial score (nSPS) is 12.9. The van der Waals surface area contributed by atoms with Crippen molar-refractivity contribution in [3.8, 4) is 0 Å². The van der Waals surface area contributed by atoms with E-state index in [2.05, 4.69) is 0 Å². The van der Waals surface area contributed by atoms with Crippen LogP contribution in [0, 0.1) is 5.21 Å². The molecule has 0 amide bonds. The van der Waals surface area contributed by atoms with Crippen molar-refractivity contribution in [3.05, 3.63) is 35.3 Å². The Kier molecular flexibility index (Phi) is 2.44. The molecule has 0 spiro atoms. The molecule has 1 rings (SSSR count). The van der Waals surface area contributed by atoms with Gasteiger partial charge >= 0.3 is 0 Å². The van der Waals surface area contributed by atoms with E-state index in [0.717, 1.165) is 10.3 Å². The lowest BCUT2D eigenvalue weighted by Crippen LogP contribution is -2.25. The molecule has 1 heterocycles. The lowest BCUT2D eigenvalue weighted by molar-refractivity contribution is -0.606. The quantitative estimate of drug-likeness (QED) is 0.470. The van der Waals surface area contributed by atoms with E-state index in [-0.39, 0.29) is 6.10 Å². The molecule has 1 aromatic rings. The largest absolute Gasteiger partial charge is 0.619 e. The van der Waals surface area contributed by atoms with Gasteiger partial charge in [0.1, 0.15) is 0 Å². The molecule has 0 saturated heterocycles. The summed E-state index contributed by atoms with van der Waals surface area (Å²) in [6, 6.07) is 3.57. The lowest BCUT2D eigenvalue weighted by Gasteiger charge is -2.07. The molecule has 3 nitrogen and oxygen atoms in total. The summed E-state index contributed by atoms with van der Waals surface area (Å²) in [6.45, 7) is 1.90. The van der Waals surface area contributed by atoms with E-state index in [1.165, 1.54) is 12.4 Å². The van der Waals surface area contributed by atoms with E-state index in [1.807, 2.05) is 13.0 Å². The van der Waals surface area contributed by atoms with Gasteiger partial charge in [-0.1, -0.05) is 0 Å². The third-order valence-corrected chi connectivity index (χ3v) is 1.62. The molecule has 0 aliphatic rings. The van der Waals surface area contributed by atoms with Crippen LogP contribution in [-0.2, 0) is 4.74 Å². The van der Waals surface area contributed by atoms with E-state index in [9.17, 15) is 5.21 Å². The maximum absolute atomic E-state index is 10.8. The molecule has 0 saturated carbocycles. The van der Waals surface area contributed by atoms with Gasteiger partial charge in [-0.3, -0.25) is 0 Å². The Morgan fingerprint density at radius 1 is 1.64 bits per heavy atom. The van der Waals surface area contributed by atoms with Crippen molar-refractivity contribution in [2.45, 2.75) is 13.0 Å². The van der Waals surface area contributed by atoms with Crippen LogP contribution >= 0.6 is 0 Å². The molecule has 0 bridgehead atoms. The maximum atomic E-state index is 10.8. The predicted molar refractivity (Wildman–Crippen MR) is 40.8 cm³/mol. The first-order valence-electron chi connectivity index (χ1n) is 3.45. The molecule has 60 valence electrons. The Labute approximate surface area is 65.8 Å². The molecule has 0 aromatic carbocycles. The van der Waals surface area contributed by atoms with Crippen LogP contribution in [0.15, 0.2) is 24.5 Å². The minimum atomic E-state index is -0.0172. The molecule has 1 atom stereocenters. The van der Waals surface area contributed by atoms with Crippen LogP contribution in [0.2, 0.25) is 0 Å². The summed E-state index contributed by atoms with van der Waals surface area (Å²) in [4.78, 5) is 0. The van der Waals surface area contributed by atoms with Crippen molar-refractivity contribution in [2.24, 2.45) is 0 Å². The Bertz CT molecular complexity index is 237. The number of pyridine rings is 1. The number of hydrogen-bond donors (Lipinski definition) is 0. The Hall–Kier alpha value is -1.09. The maximum Gasteiger partial charge on any atom is 0.186 e. The molecule has 0 radical (unpaired) electrons. The smallest absolute Gasteiger partial charge is 0.186 e. The third-order valence-electron chi connectivity index (χ3n) is 1.62. The first kappa shape index (κ1) is 8.01. The second-order valence-electron chi connectivity index (χ2n) is 2.38. The monoisotopic (exact) mass is 153 g/mol. The average Bonchev–Trinajstić information content (AvgIpc) is 2.03. The summed E-state index contributed by atoms with van der Waals surface area (Å²) in [7, 11) is 1.62. The van der Waals surface area contributed by atoms with Gasteiger partial charge in [0.05, 0.1) is 6.10 Å². The van der Waals surface area contributed by atoms with E-state index < -0.39 is 0 Å². The summed E-state index contributed by atoms with van der Waals surface area (Å²) in [5, 5.41) is 10.8. The molecule has 0 N–H and O–H groups in total. The fourth-order valence-corrected chi connectivity index (χ4v) is 0.849. The van der Waals surface area contributed by atoms with Crippen molar-refractivity contribution in [1.82, 2.24) is 0 Å². The van der Waals surface area contributed by atoms with Crippen molar-refractivity contribution < 1.29 is 9.47 Å². The second-order valence-corrected chi connectivity index (χ2v) is 2.38. The van der Waals surface area contributed by atoms with Crippen molar-refractivity contribution in [2.75, 3.05) is 7.11 Å². The third kappa shape index (κ3) is 1.91. The van der Waals surface area contributed by atoms with Gasteiger partial charge in [-0.2, -0.15) is 4.73 Å². The van der Waals surface area contributed by atoms with Crippen LogP contribution in [0.1, 0.15) is 18.6 Å². The van der Waals surface area contributed by atoms with Gasteiger partial charge < -0.3 is 9.94 Å². The van der Waals surface area contributed by atoms with Gasteiger partial charge in [-0.05, 0) is 13.0 Å². The fraction of sp³-hybridized carbons (Fsp3) is 0.375. The average molecular weight is 153 g/mol. The summed E-state index contributed by atoms with van der Waals surface area (Å²) < 4.78 is 5.81. The molecule has 3 heteroatoms. The molecule has 0 aliphatic carbocycles. The van der Waals surface area contributed by atoms with Gasteiger partial charge in [-0.25, -0.2) is 0 Å². The fourth-order valence-electron chi connectivity index (χ4n) is 0.849. The minimum Gasteiger partial charge on any atom is -0.619 e. The van der Waals surface area contributed by atoms with Gasteiger partial charge in [0.2, 0.25) is 0 Å². The topological polar surface area (TPSA) is 36.2 Å². The van der Waals surface area contributed by atoms with Crippen LogP contribution in [-0.4, -0.2) is 7.11 Å². The van der Waals surface area contributed by atoms with Gasteiger partial charge in [-0.15, -0.1) is 0 Å². The van der Waals surface area contributed by atoms with Gasteiger partial charge in [0.15, 0.2) is 12.4 Å². The first-order chi connectivity index (χ1) is 5.24. The van der Waals surface area contributed by atoms with Crippen LogP contribution in [0.3, 0.4) is 0 Å². The van der Waals surface area contributed by atoms with Crippen molar-refractivity contribution >= 4 is 0 Å². The van der Waals surface area contributed by atoms with E-state index in [0.29, 0.717) is 0 Å². The van der Waals surface area contributed by atoms with E-state index >= 15 is 0 Å². The van der Waals surface area contributed by atoms with Crippen LogP contribution < -0.4 is 4.73 Å². The van der Waals surface area contributed by atoms with Gasteiger partial charge in [0.25, 0.3) is 0 Å². The highest BCUT2D eigenvalue weighted by molar-refractivity contribution is 5.08. The zero-order valence-electron chi connectivity index (χ0n) is 6.65. The number of ether oxygens (including phenoxy) is 1. The van der Waals surface area contributed by atoms with E-state index in [4.69, 9.17) is 4.74 Å². The summed E-state index contributed by atoms with van der Waals surface area (Å²) >= 11 is 0. The molecule has 1 unspecified atom stereocenters. The van der Waals surface area contributed by atoms with Crippen LogP contribution in [0.25, 0.3) is 0 Å². The lowest BCUT2D eigenvalue weighted by atomic mass is 10.2. The molecular weight excluding hydrogens is 142 g/mol. The zero-order chi connectivity index (χ0) is 8.27. The highest BCUT2D eigenvalue weighted by Gasteiger charge is 2.05. The summed E-state index contributed by atoms with van der Waals surface area (Å²) in [5.41, 5.74) is 0.894. The number of aromatic nitrogens is 1. The number of hydrogen-bond acceptors (Lipinski definition) is 2. The second kappa shape index (κ2) is 3.34. The Balaban J connectivity index is 2.86. The van der Waals surface area contributed by atoms with E-state index in [1.54, 1.807) is 13.2 Å². The molecule has 0 fully saturated rings. The molecule has 11 heavy (non-hydrogen) atoms.